The Morgan fingerprint density at radius 1 is 1.00 bits per heavy atom. The molecule has 4 heteroatoms. The lowest BCUT2D eigenvalue weighted by Gasteiger charge is -2.03. The molecule has 2 N–H and O–H groups in total. The third kappa shape index (κ3) is 1.73. The summed E-state index contributed by atoms with van der Waals surface area (Å²) in [5.41, 5.74) is 7.28. The van der Waals surface area contributed by atoms with Crippen molar-refractivity contribution < 1.29 is 4.74 Å². The van der Waals surface area contributed by atoms with Gasteiger partial charge in [-0.1, -0.05) is 36.4 Å². The highest BCUT2D eigenvalue weighted by atomic mass is 16.5. The first kappa shape index (κ1) is 11.1. The summed E-state index contributed by atoms with van der Waals surface area (Å²) in [6, 6.07) is 16.7. The van der Waals surface area contributed by atoms with Gasteiger partial charge in [0, 0.05) is 17.1 Å². The Labute approximate surface area is 116 Å². The topological polar surface area (TPSA) is 49.4 Å². The highest BCUT2D eigenvalue weighted by Crippen LogP contribution is 2.27. The lowest BCUT2D eigenvalue weighted by atomic mass is 10.0. The van der Waals surface area contributed by atoms with Gasteiger partial charge < -0.3 is 9.72 Å². The Hall–Kier alpha value is -2.75. The fraction of sp³-hybridized carbons (Fsp3) is 0.0625. The standard InChI is InChI=1S/C16H13N3O/c1-2-4-11(5-3-1)12-6-7-15-13(8-12)14(9-17-15)16-19-18-10-20-16/h1-9,17-18H,10H2. The first-order valence-electron chi connectivity index (χ1n) is 6.52. The van der Waals surface area contributed by atoms with Crippen LogP contribution >= 0.6 is 0 Å². The number of nitrogens with one attached hydrogen (secondary N) is 2. The number of benzene rings is 2. The number of aromatic amines is 1. The summed E-state index contributed by atoms with van der Waals surface area (Å²) in [4.78, 5) is 3.26. The van der Waals surface area contributed by atoms with Crippen LogP contribution in [-0.4, -0.2) is 17.6 Å². The highest BCUT2D eigenvalue weighted by Gasteiger charge is 2.15. The van der Waals surface area contributed by atoms with E-state index in [1.807, 2.05) is 24.4 Å². The van der Waals surface area contributed by atoms with Gasteiger partial charge in [-0.3, -0.25) is 5.43 Å². The molecular formula is C16H13N3O. The molecule has 2 heterocycles. The number of aromatic nitrogens is 1. The van der Waals surface area contributed by atoms with Gasteiger partial charge in [-0.05, 0) is 23.3 Å². The van der Waals surface area contributed by atoms with E-state index in [-0.39, 0.29) is 0 Å². The van der Waals surface area contributed by atoms with Crippen molar-refractivity contribution in [1.82, 2.24) is 10.4 Å². The number of ether oxygens (including phenoxy) is 1. The number of fused-ring (bicyclic) bond motifs is 1. The summed E-state index contributed by atoms with van der Waals surface area (Å²) in [6.45, 7) is 0.431. The Kier molecular flexibility index (Phi) is 2.45. The molecule has 0 saturated carbocycles. The zero-order valence-electron chi connectivity index (χ0n) is 10.8. The molecule has 0 amide bonds. The van der Waals surface area contributed by atoms with E-state index in [1.54, 1.807) is 0 Å². The van der Waals surface area contributed by atoms with Crippen LogP contribution in [0.1, 0.15) is 5.56 Å². The minimum absolute atomic E-state index is 0.431. The van der Waals surface area contributed by atoms with Crippen LogP contribution < -0.4 is 5.43 Å². The molecule has 0 unspecified atom stereocenters. The fourth-order valence-corrected chi connectivity index (χ4v) is 2.48. The summed E-state index contributed by atoms with van der Waals surface area (Å²) in [7, 11) is 0. The van der Waals surface area contributed by atoms with Gasteiger partial charge in [-0.25, -0.2) is 0 Å². The maximum atomic E-state index is 5.47. The lowest BCUT2D eigenvalue weighted by Crippen LogP contribution is -2.01. The average molecular weight is 263 g/mol. The third-order valence-corrected chi connectivity index (χ3v) is 3.47. The van der Waals surface area contributed by atoms with Crippen molar-refractivity contribution in [3.8, 4) is 11.1 Å². The number of hydrogen-bond donors (Lipinski definition) is 2. The van der Waals surface area contributed by atoms with E-state index in [4.69, 9.17) is 4.74 Å². The monoisotopic (exact) mass is 263 g/mol. The minimum atomic E-state index is 0.431. The van der Waals surface area contributed by atoms with E-state index in [2.05, 4.69) is 45.8 Å². The highest BCUT2D eigenvalue weighted by molar-refractivity contribution is 6.07. The maximum absolute atomic E-state index is 5.47. The average Bonchev–Trinajstić information content (AvgIpc) is 3.16. The van der Waals surface area contributed by atoms with Crippen LogP contribution in [0.3, 0.4) is 0 Å². The number of H-pyrrole nitrogens is 1. The van der Waals surface area contributed by atoms with Gasteiger partial charge in [-0.15, -0.1) is 5.10 Å². The van der Waals surface area contributed by atoms with Crippen LogP contribution in [0.5, 0.6) is 0 Å². The van der Waals surface area contributed by atoms with Crippen molar-refractivity contribution in [3.63, 3.8) is 0 Å². The smallest absolute Gasteiger partial charge is 0.241 e. The van der Waals surface area contributed by atoms with E-state index in [9.17, 15) is 0 Å². The van der Waals surface area contributed by atoms with Gasteiger partial charge in [0.15, 0.2) is 6.73 Å². The van der Waals surface area contributed by atoms with Gasteiger partial charge >= 0.3 is 0 Å². The molecule has 3 aromatic rings. The predicted molar refractivity (Wildman–Crippen MR) is 79.4 cm³/mol. The van der Waals surface area contributed by atoms with Crippen LogP contribution in [-0.2, 0) is 4.74 Å². The Bertz CT molecular complexity index is 790. The largest absolute Gasteiger partial charge is 0.453 e. The molecule has 98 valence electrons. The number of hydrazone groups is 1. The van der Waals surface area contributed by atoms with E-state index in [0.29, 0.717) is 12.6 Å². The van der Waals surface area contributed by atoms with Crippen LogP contribution in [0.25, 0.3) is 22.0 Å². The Morgan fingerprint density at radius 2 is 1.90 bits per heavy atom. The number of nitrogens with zero attached hydrogens (tertiary/aromatic N) is 1. The number of hydrogen-bond acceptors (Lipinski definition) is 3. The second kappa shape index (κ2) is 4.42. The van der Waals surface area contributed by atoms with Crippen LogP contribution in [0.4, 0.5) is 0 Å². The normalized spacial score (nSPS) is 13.9. The van der Waals surface area contributed by atoms with Crippen molar-refractivity contribution in [1.29, 1.82) is 0 Å². The molecule has 0 atom stereocenters. The van der Waals surface area contributed by atoms with Gasteiger partial charge in [0.1, 0.15) is 0 Å². The molecule has 4 nitrogen and oxygen atoms in total. The first-order chi connectivity index (χ1) is 9.92. The van der Waals surface area contributed by atoms with E-state index >= 15 is 0 Å². The third-order valence-electron chi connectivity index (χ3n) is 3.47. The molecule has 0 aliphatic carbocycles. The molecule has 1 aliphatic rings. The predicted octanol–water partition coefficient (Wildman–Crippen LogP) is 3.07. The van der Waals surface area contributed by atoms with Crippen molar-refractivity contribution in [3.05, 3.63) is 60.3 Å². The van der Waals surface area contributed by atoms with E-state index in [1.165, 1.54) is 11.1 Å². The first-order valence-corrected chi connectivity index (χ1v) is 6.52. The van der Waals surface area contributed by atoms with Crippen LogP contribution in [0.2, 0.25) is 0 Å². The summed E-state index contributed by atoms with van der Waals surface area (Å²) >= 11 is 0. The number of rotatable bonds is 2. The van der Waals surface area contributed by atoms with Gasteiger partial charge in [0.2, 0.25) is 5.90 Å². The molecule has 1 aromatic heterocycles. The lowest BCUT2D eigenvalue weighted by molar-refractivity contribution is 0.317. The molecule has 2 aromatic carbocycles. The second-order valence-corrected chi connectivity index (χ2v) is 4.69. The summed E-state index contributed by atoms with van der Waals surface area (Å²) in [6.07, 6.45) is 1.94. The van der Waals surface area contributed by atoms with Crippen molar-refractivity contribution in [2.45, 2.75) is 0 Å². The molecule has 0 saturated heterocycles. The summed E-state index contributed by atoms with van der Waals surface area (Å²) in [5, 5.41) is 5.27. The summed E-state index contributed by atoms with van der Waals surface area (Å²) in [5.74, 6) is 0.640. The zero-order chi connectivity index (χ0) is 13.4. The molecule has 0 radical (unpaired) electrons. The van der Waals surface area contributed by atoms with Gasteiger partial charge in [-0.2, -0.15) is 0 Å². The SMILES string of the molecule is c1ccc(-c2ccc3[nH]cc(C4=NNCO4)c3c2)cc1. The van der Waals surface area contributed by atoms with Crippen molar-refractivity contribution in [2.75, 3.05) is 6.73 Å². The van der Waals surface area contributed by atoms with Gasteiger partial charge in [0.25, 0.3) is 0 Å². The molecule has 0 spiro atoms. The van der Waals surface area contributed by atoms with Crippen LogP contribution in [0, 0.1) is 0 Å². The second-order valence-electron chi connectivity index (χ2n) is 4.69. The Morgan fingerprint density at radius 3 is 2.70 bits per heavy atom. The maximum Gasteiger partial charge on any atom is 0.241 e. The fourth-order valence-electron chi connectivity index (χ4n) is 2.48. The van der Waals surface area contributed by atoms with E-state index < -0.39 is 0 Å². The van der Waals surface area contributed by atoms with Crippen LogP contribution in [0.15, 0.2) is 59.8 Å². The molecule has 1 aliphatic heterocycles. The Balaban J connectivity index is 1.88. The molecular weight excluding hydrogens is 250 g/mol. The van der Waals surface area contributed by atoms with Crippen molar-refractivity contribution in [2.24, 2.45) is 5.10 Å². The minimum Gasteiger partial charge on any atom is -0.453 e. The summed E-state index contributed by atoms with van der Waals surface area (Å²) < 4.78 is 5.47. The zero-order valence-corrected chi connectivity index (χ0v) is 10.8. The van der Waals surface area contributed by atoms with Crippen molar-refractivity contribution >= 4 is 16.8 Å². The molecule has 4 rings (SSSR count). The molecule has 0 bridgehead atoms. The molecule has 0 fully saturated rings. The van der Waals surface area contributed by atoms with Gasteiger partial charge in [0.05, 0.1) is 5.56 Å². The quantitative estimate of drug-likeness (QED) is 0.746. The molecule has 20 heavy (non-hydrogen) atoms. The van der Waals surface area contributed by atoms with E-state index in [0.717, 1.165) is 16.5 Å².